The predicted molar refractivity (Wildman–Crippen MR) is 72.5 cm³/mol. The zero-order chi connectivity index (χ0) is 13.7. The smallest absolute Gasteiger partial charge is 0.240 e. The molecule has 1 N–H and O–H groups in total. The van der Waals surface area contributed by atoms with E-state index in [-0.39, 0.29) is 11.4 Å². The number of alkyl halides is 1. The molecule has 0 radical (unpaired) electrons. The van der Waals surface area contributed by atoms with Crippen LogP contribution in [0.5, 0.6) is 11.5 Å². The zero-order valence-corrected chi connectivity index (χ0v) is 11.7. The number of nitrogens with one attached hydrogen (secondary N) is 1. The van der Waals surface area contributed by atoms with E-state index in [0.717, 1.165) is 0 Å². The number of ether oxygens (including phenoxy) is 2. The van der Waals surface area contributed by atoms with Gasteiger partial charge in [0.05, 0.1) is 4.90 Å². The fraction of sp³-hybridized carbons (Fsp3) is 0.333. The molecule has 1 aliphatic rings. The lowest BCUT2D eigenvalue weighted by Gasteiger charge is -2.18. The highest BCUT2D eigenvalue weighted by Crippen LogP contribution is 2.32. The van der Waals surface area contributed by atoms with Gasteiger partial charge in [0.2, 0.25) is 10.0 Å². The fourth-order valence-electron chi connectivity index (χ4n) is 1.58. The Balaban J connectivity index is 2.14. The molecule has 0 amide bonds. The van der Waals surface area contributed by atoms with Gasteiger partial charge in [-0.2, -0.15) is 0 Å². The lowest BCUT2D eigenvalue weighted by atomic mass is 10.3. The first-order valence-corrected chi connectivity index (χ1v) is 7.75. The van der Waals surface area contributed by atoms with Gasteiger partial charge in [-0.05, 0) is 12.1 Å². The maximum Gasteiger partial charge on any atom is 0.240 e. The van der Waals surface area contributed by atoms with Crippen LogP contribution in [0.25, 0.3) is 0 Å². The molecule has 0 unspecified atom stereocenters. The average Bonchev–Trinajstić information content (AvgIpc) is 2.43. The summed E-state index contributed by atoms with van der Waals surface area (Å²) in [5, 5.41) is 0. The third kappa shape index (κ3) is 3.62. The average molecular weight is 304 g/mol. The maximum absolute atomic E-state index is 12.0. The van der Waals surface area contributed by atoms with Crippen LogP contribution in [0.15, 0.2) is 35.2 Å². The SMILES string of the molecule is O=S(=O)(NC/C=C/CCl)c1ccc2c(c1)OCCO2. The molecule has 0 spiro atoms. The maximum atomic E-state index is 12.0. The molecule has 0 aromatic heterocycles. The first kappa shape index (κ1) is 14.2. The molecule has 2 rings (SSSR count). The van der Waals surface area contributed by atoms with E-state index in [1.54, 1.807) is 18.2 Å². The van der Waals surface area contributed by atoms with Gasteiger partial charge in [0, 0.05) is 18.5 Å². The van der Waals surface area contributed by atoms with Crippen molar-refractivity contribution in [2.24, 2.45) is 0 Å². The summed E-state index contributed by atoms with van der Waals surface area (Å²) in [5.74, 6) is 1.36. The largest absolute Gasteiger partial charge is 0.486 e. The minimum absolute atomic E-state index is 0.149. The van der Waals surface area contributed by atoms with Gasteiger partial charge in [0.1, 0.15) is 13.2 Å². The van der Waals surface area contributed by atoms with Crippen LogP contribution in [0.4, 0.5) is 0 Å². The van der Waals surface area contributed by atoms with Crippen LogP contribution in [0.2, 0.25) is 0 Å². The van der Waals surface area contributed by atoms with E-state index in [0.29, 0.717) is 30.6 Å². The van der Waals surface area contributed by atoms with Crippen LogP contribution in [-0.4, -0.2) is 34.1 Å². The summed E-state index contributed by atoms with van der Waals surface area (Å²) in [4.78, 5) is 0.149. The van der Waals surface area contributed by atoms with Crippen molar-refractivity contribution in [1.29, 1.82) is 0 Å². The quantitative estimate of drug-likeness (QED) is 0.662. The molecular formula is C12H14ClNO4S. The highest BCUT2D eigenvalue weighted by molar-refractivity contribution is 7.89. The van der Waals surface area contributed by atoms with E-state index in [9.17, 15) is 8.42 Å². The minimum atomic E-state index is -3.55. The molecule has 104 valence electrons. The first-order chi connectivity index (χ1) is 9.13. The van der Waals surface area contributed by atoms with E-state index < -0.39 is 10.0 Å². The van der Waals surface area contributed by atoms with Crippen molar-refractivity contribution in [2.75, 3.05) is 25.6 Å². The third-order valence-corrected chi connectivity index (χ3v) is 4.07. The normalized spacial score (nSPS) is 14.8. The highest BCUT2D eigenvalue weighted by atomic mass is 35.5. The molecular weight excluding hydrogens is 290 g/mol. The molecule has 0 saturated heterocycles. The second-order valence-corrected chi connectivity index (χ2v) is 5.86. The van der Waals surface area contributed by atoms with Crippen LogP contribution >= 0.6 is 11.6 Å². The summed E-state index contributed by atoms with van der Waals surface area (Å²) < 4.78 is 37.2. The highest BCUT2D eigenvalue weighted by Gasteiger charge is 2.18. The molecule has 5 nitrogen and oxygen atoms in total. The topological polar surface area (TPSA) is 64.6 Å². The molecule has 1 aliphatic heterocycles. The Morgan fingerprint density at radius 3 is 2.68 bits per heavy atom. The van der Waals surface area contributed by atoms with Gasteiger partial charge < -0.3 is 9.47 Å². The Labute approximate surface area is 117 Å². The summed E-state index contributed by atoms with van der Waals surface area (Å²) in [6.07, 6.45) is 3.33. The Kier molecular flexibility index (Phi) is 4.68. The van der Waals surface area contributed by atoms with Gasteiger partial charge in [0.25, 0.3) is 0 Å². The van der Waals surface area contributed by atoms with E-state index >= 15 is 0 Å². The molecule has 1 aromatic carbocycles. The standard InChI is InChI=1S/C12H14ClNO4S/c13-5-1-2-6-14-19(15,16)10-3-4-11-12(9-10)18-8-7-17-11/h1-4,9,14H,5-8H2/b2-1+. The summed E-state index contributed by atoms with van der Waals surface area (Å²) in [5.41, 5.74) is 0. The zero-order valence-electron chi connectivity index (χ0n) is 10.1. The summed E-state index contributed by atoms with van der Waals surface area (Å²) >= 11 is 5.45. The van der Waals surface area contributed by atoms with Gasteiger partial charge in [-0.25, -0.2) is 13.1 Å². The number of hydrogen-bond donors (Lipinski definition) is 1. The van der Waals surface area contributed by atoms with Gasteiger partial charge in [-0.15, -0.1) is 11.6 Å². The molecule has 19 heavy (non-hydrogen) atoms. The van der Waals surface area contributed by atoms with Crippen LogP contribution in [0.1, 0.15) is 0 Å². The number of rotatable bonds is 5. The monoisotopic (exact) mass is 303 g/mol. The molecule has 0 fully saturated rings. The molecule has 7 heteroatoms. The van der Waals surface area contributed by atoms with E-state index in [2.05, 4.69) is 4.72 Å². The van der Waals surface area contributed by atoms with Crippen LogP contribution in [0.3, 0.4) is 0 Å². The number of sulfonamides is 1. The Bertz CT molecular complexity index is 571. The molecule has 0 bridgehead atoms. The van der Waals surface area contributed by atoms with Crippen molar-refractivity contribution < 1.29 is 17.9 Å². The van der Waals surface area contributed by atoms with Crippen molar-refractivity contribution >= 4 is 21.6 Å². The van der Waals surface area contributed by atoms with E-state index in [1.165, 1.54) is 12.1 Å². The summed E-state index contributed by atoms with van der Waals surface area (Å²) in [6, 6.07) is 4.54. The van der Waals surface area contributed by atoms with Crippen LogP contribution < -0.4 is 14.2 Å². The second kappa shape index (κ2) is 6.27. The lowest BCUT2D eigenvalue weighted by molar-refractivity contribution is 0.171. The van der Waals surface area contributed by atoms with Gasteiger partial charge in [-0.1, -0.05) is 12.2 Å². The number of hydrogen-bond acceptors (Lipinski definition) is 4. The van der Waals surface area contributed by atoms with Gasteiger partial charge in [0.15, 0.2) is 11.5 Å². The van der Waals surface area contributed by atoms with Crippen molar-refractivity contribution in [3.63, 3.8) is 0 Å². The van der Waals surface area contributed by atoms with E-state index in [4.69, 9.17) is 21.1 Å². The second-order valence-electron chi connectivity index (χ2n) is 3.78. The Morgan fingerprint density at radius 1 is 1.21 bits per heavy atom. The van der Waals surface area contributed by atoms with Gasteiger partial charge in [-0.3, -0.25) is 0 Å². The number of benzene rings is 1. The third-order valence-electron chi connectivity index (χ3n) is 2.47. The molecule has 1 aromatic rings. The Hall–Kier alpha value is -1.24. The summed E-state index contributed by atoms with van der Waals surface area (Å²) in [7, 11) is -3.55. The van der Waals surface area contributed by atoms with Crippen molar-refractivity contribution in [3.8, 4) is 11.5 Å². The van der Waals surface area contributed by atoms with Crippen LogP contribution in [-0.2, 0) is 10.0 Å². The Morgan fingerprint density at radius 2 is 1.95 bits per heavy atom. The van der Waals surface area contributed by atoms with E-state index in [1.807, 2.05) is 0 Å². The first-order valence-electron chi connectivity index (χ1n) is 5.74. The van der Waals surface area contributed by atoms with Crippen molar-refractivity contribution in [3.05, 3.63) is 30.4 Å². The number of allylic oxidation sites excluding steroid dienone is 1. The van der Waals surface area contributed by atoms with Crippen molar-refractivity contribution in [2.45, 2.75) is 4.90 Å². The van der Waals surface area contributed by atoms with Gasteiger partial charge >= 0.3 is 0 Å². The molecule has 0 aliphatic carbocycles. The molecule has 1 heterocycles. The number of halogens is 1. The predicted octanol–water partition coefficient (Wildman–Crippen LogP) is 1.53. The minimum Gasteiger partial charge on any atom is -0.486 e. The fourth-order valence-corrected chi connectivity index (χ4v) is 2.70. The molecule has 0 atom stereocenters. The summed E-state index contributed by atoms with van der Waals surface area (Å²) in [6.45, 7) is 1.09. The lowest BCUT2D eigenvalue weighted by Crippen LogP contribution is -2.24. The van der Waals surface area contributed by atoms with Crippen molar-refractivity contribution in [1.82, 2.24) is 4.72 Å². The number of fused-ring (bicyclic) bond motifs is 1. The van der Waals surface area contributed by atoms with Crippen LogP contribution in [0, 0.1) is 0 Å². The molecule has 0 saturated carbocycles.